The molecule has 1 heterocycles. The number of hydrogen-bond acceptors (Lipinski definition) is 2. The second-order valence-electron chi connectivity index (χ2n) is 5.13. The van der Waals surface area contributed by atoms with Gasteiger partial charge in [-0.3, -0.25) is 4.79 Å². The number of benzene rings is 1. The average molecular weight is 219 g/mol. The van der Waals surface area contributed by atoms with E-state index in [4.69, 9.17) is 0 Å². The number of β-amino-alcohol motifs (C(OH)–C–C–N with tert-alkyl or cyclic N) is 1. The maximum absolute atomic E-state index is 12.2. The number of hydrogen-bond donors (Lipinski definition) is 1. The van der Waals surface area contributed by atoms with Gasteiger partial charge >= 0.3 is 0 Å². The predicted octanol–water partition coefficient (Wildman–Crippen LogP) is 1.81. The zero-order valence-electron chi connectivity index (χ0n) is 9.90. The molecular formula is C13H17NO2. The van der Waals surface area contributed by atoms with Gasteiger partial charge in [0, 0.05) is 5.69 Å². The molecule has 16 heavy (non-hydrogen) atoms. The summed E-state index contributed by atoms with van der Waals surface area (Å²) in [6.07, 6.45) is 0. The van der Waals surface area contributed by atoms with Crippen molar-refractivity contribution in [3.8, 4) is 0 Å². The van der Waals surface area contributed by atoms with E-state index in [0.717, 1.165) is 5.69 Å². The van der Waals surface area contributed by atoms with Gasteiger partial charge in [-0.15, -0.1) is 0 Å². The quantitative estimate of drug-likeness (QED) is 0.782. The van der Waals surface area contributed by atoms with Crippen LogP contribution in [-0.2, 0) is 4.79 Å². The molecule has 2 rings (SSSR count). The molecule has 86 valence electrons. The van der Waals surface area contributed by atoms with E-state index in [1.165, 1.54) is 0 Å². The van der Waals surface area contributed by atoms with Crippen molar-refractivity contribution in [3.05, 3.63) is 30.3 Å². The molecule has 3 heteroatoms. The lowest BCUT2D eigenvalue weighted by atomic mass is 9.79. The third-order valence-electron chi connectivity index (χ3n) is 3.66. The molecule has 0 unspecified atom stereocenters. The molecule has 1 aromatic carbocycles. The van der Waals surface area contributed by atoms with Crippen molar-refractivity contribution in [1.29, 1.82) is 0 Å². The van der Waals surface area contributed by atoms with Gasteiger partial charge in [0.05, 0.1) is 17.6 Å². The summed E-state index contributed by atoms with van der Waals surface area (Å²) in [4.78, 5) is 13.9. The van der Waals surface area contributed by atoms with Crippen molar-refractivity contribution in [1.82, 2.24) is 0 Å². The van der Waals surface area contributed by atoms with Gasteiger partial charge in [0.25, 0.3) is 0 Å². The fraction of sp³-hybridized carbons (Fsp3) is 0.462. The van der Waals surface area contributed by atoms with Crippen LogP contribution in [0.5, 0.6) is 0 Å². The Morgan fingerprint density at radius 3 is 2.19 bits per heavy atom. The molecule has 0 bridgehead atoms. The maximum Gasteiger partial charge on any atom is 0.235 e. The molecule has 1 amide bonds. The predicted molar refractivity (Wildman–Crippen MR) is 63.2 cm³/mol. The monoisotopic (exact) mass is 219 g/mol. The van der Waals surface area contributed by atoms with Crippen LogP contribution in [0, 0.1) is 5.41 Å². The smallest absolute Gasteiger partial charge is 0.235 e. The van der Waals surface area contributed by atoms with Crippen molar-refractivity contribution in [2.24, 2.45) is 5.41 Å². The van der Waals surface area contributed by atoms with E-state index in [9.17, 15) is 9.90 Å². The summed E-state index contributed by atoms with van der Waals surface area (Å²) in [5.74, 6) is -0.0244. The molecular weight excluding hydrogens is 202 g/mol. The number of carbonyl (C=O) groups is 1. The van der Waals surface area contributed by atoms with Crippen molar-refractivity contribution in [3.63, 3.8) is 0 Å². The minimum absolute atomic E-state index is 0.0244. The van der Waals surface area contributed by atoms with Gasteiger partial charge in [0.2, 0.25) is 5.91 Å². The van der Waals surface area contributed by atoms with Gasteiger partial charge in [-0.2, -0.15) is 0 Å². The maximum atomic E-state index is 12.2. The van der Waals surface area contributed by atoms with Crippen LogP contribution in [0.2, 0.25) is 0 Å². The number of amides is 1. The molecule has 1 aliphatic rings. The molecule has 1 aromatic rings. The van der Waals surface area contributed by atoms with E-state index in [1.54, 1.807) is 25.7 Å². The Bertz CT molecular complexity index is 409. The van der Waals surface area contributed by atoms with Crippen molar-refractivity contribution < 1.29 is 9.90 Å². The third-order valence-corrected chi connectivity index (χ3v) is 3.66. The summed E-state index contributed by atoms with van der Waals surface area (Å²) in [7, 11) is 0. The molecule has 0 spiro atoms. The summed E-state index contributed by atoms with van der Waals surface area (Å²) in [5, 5.41) is 10.3. The largest absolute Gasteiger partial charge is 0.387 e. The molecule has 1 aliphatic heterocycles. The number of anilines is 1. The average Bonchev–Trinajstić information content (AvgIpc) is 2.40. The van der Waals surface area contributed by atoms with Crippen LogP contribution in [0.3, 0.4) is 0 Å². The topological polar surface area (TPSA) is 40.5 Å². The first kappa shape index (κ1) is 11.1. The standard InChI is InChI=1S/C13H17NO2/c1-12(2)11(15)14(9-13(12,3)16)10-7-5-4-6-8-10/h4-8,16H,9H2,1-3H3/t13-/m1/s1. The Morgan fingerprint density at radius 1 is 1.19 bits per heavy atom. The highest BCUT2D eigenvalue weighted by atomic mass is 16.3. The Balaban J connectivity index is 2.39. The normalized spacial score (nSPS) is 28.5. The van der Waals surface area contributed by atoms with Crippen LogP contribution in [0.25, 0.3) is 0 Å². The van der Waals surface area contributed by atoms with Crippen molar-refractivity contribution >= 4 is 11.6 Å². The van der Waals surface area contributed by atoms with E-state index in [-0.39, 0.29) is 5.91 Å². The Hall–Kier alpha value is -1.35. The lowest BCUT2D eigenvalue weighted by Gasteiger charge is -2.28. The molecule has 0 radical (unpaired) electrons. The third kappa shape index (κ3) is 1.43. The Morgan fingerprint density at radius 2 is 1.75 bits per heavy atom. The minimum Gasteiger partial charge on any atom is -0.387 e. The van der Waals surface area contributed by atoms with Gasteiger partial charge in [-0.1, -0.05) is 18.2 Å². The van der Waals surface area contributed by atoms with Crippen LogP contribution in [0.4, 0.5) is 5.69 Å². The van der Waals surface area contributed by atoms with Gasteiger partial charge in [0.15, 0.2) is 0 Å². The molecule has 0 aromatic heterocycles. The lowest BCUT2D eigenvalue weighted by molar-refractivity contribution is -0.131. The fourth-order valence-electron chi connectivity index (χ4n) is 1.96. The Kier molecular flexibility index (Phi) is 2.31. The van der Waals surface area contributed by atoms with Crippen molar-refractivity contribution in [2.75, 3.05) is 11.4 Å². The van der Waals surface area contributed by atoms with Crippen LogP contribution >= 0.6 is 0 Å². The van der Waals surface area contributed by atoms with E-state index in [0.29, 0.717) is 6.54 Å². The Labute approximate surface area is 95.7 Å². The second kappa shape index (κ2) is 3.32. The van der Waals surface area contributed by atoms with E-state index >= 15 is 0 Å². The van der Waals surface area contributed by atoms with E-state index in [1.807, 2.05) is 30.3 Å². The van der Waals surface area contributed by atoms with E-state index < -0.39 is 11.0 Å². The SMILES string of the molecule is CC1(C)C(=O)N(c2ccccc2)C[C@@]1(C)O. The number of nitrogens with zero attached hydrogens (tertiary/aromatic N) is 1. The van der Waals surface area contributed by atoms with Crippen LogP contribution < -0.4 is 4.90 Å². The molecule has 0 aliphatic carbocycles. The lowest BCUT2D eigenvalue weighted by Crippen LogP contribution is -2.42. The summed E-state index contributed by atoms with van der Waals surface area (Å²) >= 11 is 0. The number of carbonyl (C=O) groups excluding carboxylic acids is 1. The highest BCUT2D eigenvalue weighted by Crippen LogP contribution is 2.41. The highest BCUT2D eigenvalue weighted by molar-refractivity contribution is 6.00. The fourth-order valence-corrected chi connectivity index (χ4v) is 1.96. The zero-order valence-corrected chi connectivity index (χ0v) is 9.90. The van der Waals surface area contributed by atoms with E-state index in [2.05, 4.69) is 0 Å². The first-order chi connectivity index (χ1) is 7.36. The van der Waals surface area contributed by atoms with Gasteiger partial charge < -0.3 is 10.0 Å². The molecule has 1 N–H and O–H groups in total. The highest BCUT2D eigenvalue weighted by Gasteiger charge is 2.54. The molecule has 1 fully saturated rings. The first-order valence-corrected chi connectivity index (χ1v) is 5.46. The molecule has 3 nitrogen and oxygen atoms in total. The van der Waals surface area contributed by atoms with Gasteiger partial charge in [-0.25, -0.2) is 0 Å². The van der Waals surface area contributed by atoms with Crippen LogP contribution in [0.15, 0.2) is 30.3 Å². The minimum atomic E-state index is -0.986. The van der Waals surface area contributed by atoms with Gasteiger partial charge in [0.1, 0.15) is 0 Å². The van der Waals surface area contributed by atoms with Crippen molar-refractivity contribution in [2.45, 2.75) is 26.4 Å². The van der Waals surface area contributed by atoms with Gasteiger partial charge in [-0.05, 0) is 32.9 Å². The number of rotatable bonds is 1. The molecule has 1 atom stereocenters. The summed E-state index contributed by atoms with van der Waals surface area (Å²) in [5.41, 5.74) is -0.874. The molecule has 1 saturated heterocycles. The molecule has 0 saturated carbocycles. The number of aliphatic hydroxyl groups is 1. The summed E-state index contributed by atoms with van der Waals surface area (Å²) in [6, 6.07) is 9.46. The second-order valence-corrected chi connectivity index (χ2v) is 5.13. The van der Waals surface area contributed by atoms with Crippen LogP contribution in [-0.4, -0.2) is 23.2 Å². The summed E-state index contributed by atoms with van der Waals surface area (Å²) < 4.78 is 0. The summed E-state index contributed by atoms with van der Waals surface area (Å²) in [6.45, 7) is 5.65. The zero-order chi connectivity index (χ0) is 12.0. The van der Waals surface area contributed by atoms with Crippen LogP contribution in [0.1, 0.15) is 20.8 Å². The first-order valence-electron chi connectivity index (χ1n) is 5.46. The number of para-hydroxylation sites is 1.